The summed E-state index contributed by atoms with van der Waals surface area (Å²) in [5.41, 5.74) is 0.569. The van der Waals surface area contributed by atoms with Gasteiger partial charge in [0.15, 0.2) is 0 Å². The molecule has 0 saturated heterocycles. The Kier molecular flexibility index (Phi) is 7.10. The number of hydrogen-bond acceptors (Lipinski definition) is 1. The van der Waals surface area contributed by atoms with Crippen molar-refractivity contribution < 1.29 is 69.1 Å². The van der Waals surface area contributed by atoms with Crippen LogP contribution < -0.4 is 61.6 Å². The van der Waals surface area contributed by atoms with Gasteiger partial charge in [0.1, 0.15) is 6.61 Å². The average molecular weight is 268 g/mol. The molecule has 17 heavy (non-hydrogen) atoms. The Labute approximate surface area is 142 Å². The van der Waals surface area contributed by atoms with Gasteiger partial charge in [-0.25, -0.2) is 0 Å². The molecule has 0 aliphatic carbocycles. The van der Waals surface area contributed by atoms with Crippen molar-refractivity contribution in [1.29, 1.82) is 0 Å². The molecule has 88 valence electrons. The number of benzene rings is 1. The van der Waals surface area contributed by atoms with Crippen molar-refractivity contribution in [2.75, 3.05) is 6.61 Å². The summed E-state index contributed by atoms with van der Waals surface area (Å²) in [7, 11) is 0. The van der Waals surface area contributed by atoms with Gasteiger partial charge in [0.2, 0.25) is 0 Å². The van der Waals surface area contributed by atoms with E-state index >= 15 is 0 Å². The molecular formula is C11H13BF3KO. The molecule has 6 heteroatoms. The Hall–Kier alpha value is 0.251. The summed E-state index contributed by atoms with van der Waals surface area (Å²) in [4.78, 5) is 0. The molecule has 1 rings (SSSR count). The molecule has 0 aliphatic heterocycles. The molecule has 0 saturated carbocycles. The van der Waals surface area contributed by atoms with Gasteiger partial charge in [-0.3, -0.25) is 0 Å². The predicted molar refractivity (Wildman–Crippen MR) is 60.2 cm³/mol. The first kappa shape index (κ1) is 17.3. The molecule has 0 bridgehead atoms. The van der Waals surface area contributed by atoms with Crippen molar-refractivity contribution in [2.24, 2.45) is 0 Å². The molecule has 0 radical (unpaired) electrons. The number of aryl methyl sites for hydroxylation is 1. The first-order chi connectivity index (χ1) is 7.30. The molecule has 1 aromatic carbocycles. The van der Waals surface area contributed by atoms with Gasteiger partial charge < -0.3 is 17.7 Å². The van der Waals surface area contributed by atoms with Crippen LogP contribution in [0.4, 0.5) is 12.9 Å². The van der Waals surface area contributed by atoms with E-state index in [2.05, 4.69) is 6.58 Å². The van der Waals surface area contributed by atoms with Crippen LogP contribution in [0.1, 0.15) is 12.5 Å². The minimum Gasteiger partial charge on any atom is -0.492 e. The minimum atomic E-state index is -5.04. The van der Waals surface area contributed by atoms with E-state index in [9.17, 15) is 12.9 Å². The number of ether oxygens (including phenoxy) is 1. The summed E-state index contributed by atoms with van der Waals surface area (Å²) < 4.78 is 43.2. The Morgan fingerprint density at radius 1 is 1.35 bits per heavy atom. The molecule has 0 amide bonds. The second-order valence-corrected chi connectivity index (χ2v) is 3.86. The largest absolute Gasteiger partial charge is 1.00 e. The smallest absolute Gasteiger partial charge is 0.492 e. The van der Waals surface area contributed by atoms with E-state index in [-0.39, 0.29) is 63.7 Å². The van der Waals surface area contributed by atoms with E-state index in [1.807, 2.05) is 0 Å². The van der Waals surface area contributed by atoms with Gasteiger partial charge in [-0.1, -0.05) is 29.7 Å². The third-order valence-electron chi connectivity index (χ3n) is 1.99. The van der Waals surface area contributed by atoms with Crippen molar-refractivity contribution in [1.82, 2.24) is 0 Å². The monoisotopic (exact) mass is 268 g/mol. The standard InChI is InChI=1S/C11H13BF3O.K/c1-8(2)7-16-11-5-4-9(3)6-10(11)12(13,14)15;/h4-6H,1,7H2,2-3H3;/q-1;+1. The third-order valence-corrected chi connectivity index (χ3v) is 1.99. The Morgan fingerprint density at radius 3 is 2.41 bits per heavy atom. The van der Waals surface area contributed by atoms with Gasteiger partial charge >= 0.3 is 58.4 Å². The molecule has 0 aliphatic rings. The van der Waals surface area contributed by atoms with Crippen LogP contribution in [0.2, 0.25) is 0 Å². The van der Waals surface area contributed by atoms with E-state index < -0.39 is 12.4 Å². The van der Waals surface area contributed by atoms with Crippen molar-refractivity contribution in [2.45, 2.75) is 13.8 Å². The Balaban J connectivity index is 0.00000256. The molecule has 0 atom stereocenters. The van der Waals surface area contributed by atoms with E-state index in [1.165, 1.54) is 6.07 Å². The third kappa shape index (κ3) is 5.61. The van der Waals surface area contributed by atoms with Gasteiger partial charge in [0.05, 0.1) is 5.75 Å². The summed E-state index contributed by atoms with van der Waals surface area (Å²) in [6, 6.07) is 4.05. The predicted octanol–water partition coefficient (Wildman–Crippen LogP) is 0.00832. The number of halogens is 3. The van der Waals surface area contributed by atoms with Gasteiger partial charge in [0.25, 0.3) is 0 Å². The fraction of sp³-hybridized carbons (Fsp3) is 0.273. The zero-order valence-corrected chi connectivity index (χ0v) is 13.4. The van der Waals surface area contributed by atoms with E-state index in [0.717, 1.165) is 6.07 Å². The minimum absolute atomic E-state index is 0. The Bertz CT molecular complexity index is 404. The maximum Gasteiger partial charge on any atom is 1.00 e. The fourth-order valence-electron chi connectivity index (χ4n) is 1.26. The van der Waals surface area contributed by atoms with E-state index in [1.54, 1.807) is 19.9 Å². The summed E-state index contributed by atoms with van der Waals surface area (Å²) in [5, 5.41) is 0. The molecule has 0 N–H and O–H groups in total. The summed E-state index contributed by atoms with van der Waals surface area (Å²) in [6.45, 7) is 1.96. The van der Waals surface area contributed by atoms with Crippen molar-refractivity contribution in [3.05, 3.63) is 35.9 Å². The first-order valence-electron chi connectivity index (χ1n) is 4.88. The van der Waals surface area contributed by atoms with Crippen molar-refractivity contribution >= 4 is 12.4 Å². The van der Waals surface area contributed by atoms with Crippen LogP contribution in [0.3, 0.4) is 0 Å². The second-order valence-electron chi connectivity index (χ2n) is 3.86. The quantitative estimate of drug-likeness (QED) is 0.552. The first-order valence-corrected chi connectivity index (χ1v) is 4.88. The average Bonchev–Trinajstić information content (AvgIpc) is 2.14. The van der Waals surface area contributed by atoms with Crippen LogP contribution >= 0.6 is 0 Å². The van der Waals surface area contributed by atoms with Crippen molar-refractivity contribution in [3.8, 4) is 5.75 Å². The molecule has 0 aromatic heterocycles. The maximum atomic E-state index is 12.7. The molecule has 0 unspecified atom stereocenters. The van der Waals surface area contributed by atoms with Gasteiger partial charge in [-0.15, -0.1) is 0 Å². The zero-order chi connectivity index (χ0) is 12.3. The van der Waals surface area contributed by atoms with Gasteiger partial charge in [0, 0.05) is 0 Å². The second kappa shape index (κ2) is 6.99. The van der Waals surface area contributed by atoms with Crippen LogP contribution in [0.15, 0.2) is 30.4 Å². The normalized spacial score (nSPS) is 10.6. The van der Waals surface area contributed by atoms with Crippen LogP contribution in [0, 0.1) is 6.92 Å². The summed E-state index contributed by atoms with van der Waals surface area (Å²) in [5.74, 6) is -0.124. The van der Waals surface area contributed by atoms with Gasteiger partial charge in [-0.2, -0.15) is 0 Å². The van der Waals surface area contributed by atoms with Gasteiger partial charge in [-0.05, 0) is 25.5 Å². The number of hydrogen-bond donors (Lipinski definition) is 0. The van der Waals surface area contributed by atoms with Crippen LogP contribution in [0.5, 0.6) is 5.75 Å². The van der Waals surface area contributed by atoms with Crippen LogP contribution in [0.25, 0.3) is 0 Å². The molecule has 0 spiro atoms. The zero-order valence-electron chi connectivity index (χ0n) is 10.3. The Morgan fingerprint density at radius 2 is 1.94 bits per heavy atom. The van der Waals surface area contributed by atoms with Crippen LogP contribution in [-0.2, 0) is 0 Å². The van der Waals surface area contributed by atoms with E-state index in [4.69, 9.17) is 4.74 Å². The summed E-state index contributed by atoms with van der Waals surface area (Å²) >= 11 is 0. The van der Waals surface area contributed by atoms with E-state index in [0.29, 0.717) is 11.1 Å². The van der Waals surface area contributed by atoms with Crippen LogP contribution in [-0.4, -0.2) is 13.6 Å². The fourth-order valence-corrected chi connectivity index (χ4v) is 1.26. The molecular weight excluding hydrogens is 255 g/mol. The summed E-state index contributed by atoms with van der Waals surface area (Å²) in [6.07, 6.45) is 0. The molecule has 0 fully saturated rings. The number of rotatable bonds is 4. The SMILES string of the molecule is C=C(C)COc1ccc(C)cc1[B-](F)(F)F.[K+]. The molecule has 1 aromatic rings. The molecule has 1 nitrogen and oxygen atoms in total. The van der Waals surface area contributed by atoms with Crippen molar-refractivity contribution in [3.63, 3.8) is 0 Å². The maximum absolute atomic E-state index is 12.7. The topological polar surface area (TPSA) is 9.23 Å². The molecule has 0 heterocycles.